The van der Waals surface area contributed by atoms with Gasteiger partial charge < -0.3 is 15.0 Å². The zero-order valence-electron chi connectivity index (χ0n) is 13.3. The summed E-state index contributed by atoms with van der Waals surface area (Å²) in [6.07, 6.45) is 4.35. The van der Waals surface area contributed by atoms with Gasteiger partial charge in [-0.15, -0.1) is 24.8 Å². The Morgan fingerprint density at radius 2 is 1.96 bits per heavy atom. The molecule has 24 heavy (non-hydrogen) atoms. The number of hydrogen-bond donors (Lipinski definition) is 1. The van der Waals surface area contributed by atoms with Gasteiger partial charge in [0.15, 0.2) is 0 Å². The molecule has 7 heteroatoms. The van der Waals surface area contributed by atoms with Gasteiger partial charge in [0, 0.05) is 31.4 Å². The van der Waals surface area contributed by atoms with Gasteiger partial charge in [0.25, 0.3) is 5.91 Å². The zero-order chi connectivity index (χ0) is 15.4. The van der Waals surface area contributed by atoms with Gasteiger partial charge in [0.1, 0.15) is 11.5 Å². The zero-order valence-corrected chi connectivity index (χ0v) is 15.0. The fraction of sp³-hybridized carbons (Fsp3) is 0.294. The van der Waals surface area contributed by atoms with Gasteiger partial charge in [0.05, 0.1) is 6.20 Å². The first-order valence-electron chi connectivity index (χ1n) is 7.40. The maximum absolute atomic E-state index is 12.4. The maximum atomic E-state index is 12.4. The van der Waals surface area contributed by atoms with E-state index in [0.717, 1.165) is 19.5 Å². The normalized spacial score (nSPS) is 15.8. The lowest BCUT2D eigenvalue weighted by Crippen LogP contribution is -2.38. The van der Waals surface area contributed by atoms with Crippen molar-refractivity contribution in [3.05, 3.63) is 54.4 Å². The van der Waals surface area contributed by atoms with Crippen LogP contribution in [-0.4, -0.2) is 42.0 Å². The highest BCUT2D eigenvalue weighted by Gasteiger charge is 2.23. The molecule has 2 aromatic rings. The number of rotatable bonds is 4. The lowest BCUT2D eigenvalue weighted by molar-refractivity contribution is 0.0744. The smallest absolute Gasteiger partial charge is 0.253 e. The van der Waals surface area contributed by atoms with E-state index in [2.05, 4.69) is 10.3 Å². The van der Waals surface area contributed by atoms with Crippen molar-refractivity contribution >= 4 is 30.7 Å². The van der Waals surface area contributed by atoms with E-state index in [9.17, 15) is 4.79 Å². The number of hydrogen-bond acceptors (Lipinski definition) is 4. The summed E-state index contributed by atoms with van der Waals surface area (Å²) in [6, 6.07) is 11.1. The van der Waals surface area contributed by atoms with Crippen LogP contribution in [-0.2, 0) is 0 Å². The van der Waals surface area contributed by atoms with Gasteiger partial charge in [-0.1, -0.05) is 0 Å². The Morgan fingerprint density at radius 1 is 1.21 bits per heavy atom. The Labute approximate surface area is 154 Å². The van der Waals surface area contributed by atoms with Crippen LogP contribution in [0.5, 0.6) is 11.5 Å². The van der Waals surface area contributed by atoms with E-state index in [4.69, 9.17) is 4.74 Å². The van der Waals surface area contributed by atoms with Gasteiger partial charge in [-0.2, -0.15) is 0 Å². The predicted octanol–water partition coefficient (Wildman–Crippen LogP) is 3.15. The van der Waals surface area contributed by atoms with Gasteiger partial charge in [-0.25, -0.2) is 0 Å². The van der Waals surface area contributed by atoms with Crippen molar-refractivity contribution in [1.29, 1.82) is 0 Å². The average molecular weight is 370 g/mol. The SMILES string of the molecule is CN(C(=O)c1ccc(Oc2cccnc2)cc1)C1CCNC1.Cl.Cl. The van der Waals surface area contributed by atoms with Crippen LogP contribution in [0.4, 0.5) is 0 Å². The number of nitrogens with zero attached hydrogens (tertiary/aromatic N) is 2. The number of carbonyl (C=O) groups excluding carboxylic acids is 1. The molecule has 0 spiro atoms. The molecule has 1 aromatic heterocycles. The standard InChI is InChI=1S/C17H19N3O2.2ClH/c1-20(14-8-10-19-11-14)17(21)13-4-6-15(7-5-13)22-16-3-2-9-18-12-16;;/h2-7,9,12,14,19H,8,10-11H2,1H3;2*1H. The van der Waals surface area contributed by atoms with Crippen molar-refractivity contribution < 1.29 is 9.53 Å². The second-order valence-corrected chi connectivity index (χ2v) is 5.38. The first-order valence-corrected chi connectivity index (χ1v) is 7.40. The number of ether oxygens (including phenoxy) is 1. The Morgan fingerprint density at radius 3 is 2.54 bits per heavy atom. The molecule has 0 saturated carbocycles. The third-order valence-corrected chi connectivity index (χ3v) is 3.87. The van der Waals surface area contributed by atoms with Crippen LogP contribution < -0.4 is 10.1 Å². The number of likely N-dealkylation sites (N-methyl/N-ethyl adjacent to an activating group) is 1. The fourth-order valence-electron chi connectivity index (χ4n) is 2.55. The molecule has 1 atom stereocenters. The van der Waals surface area contributed by atoms with Gasteiger partial charge in [0.2, 0.25) is 0 Å². The fourth-order valence-corrected chi connectivity index (χ4v) is 2.55. The van der Waals surface area contributed by atoms with Crippen molar-refractivity contribution in [2.45, 2.75) is 12.5 Å². The van der Waals surface area contributed by atoms with Gasteiger partial charge >= 0.3 is 0 Å². The number of benzene rings is 1. The molecule has 0 bridgehead atoms. The molecule has 0 aliphatic carbocycles. The Hall–Kier alpha value is -1.82. The number of aromatic nitrogens is 1. The summed E-state index contributed by atoms with van der Waals surface area (Å²) >= 11 is 0. The van der Waals surface area contributed by atoms with Crippen molar-refractivity contribution in [2.24, 2.45) is 0 Å². The molecule has 0 radical (unpaired) electrons. The summed E-state index contributed by atoms with van der Waals surface area (Å²) < 4.78 is 5.68. The Balaban J connectivity index is 0.00000144. The largest absolute Gasteiger partial charge is 0.456 e. The molecule has 1 saturated heterocycles. The molecule has 1 aliphatic rings. The lowest BCUT2D eigenvalue weighted by Gasteiger charge is -2.23. The number of carbonyl (C=O) groups is 1. The van der Waals surface area contributed by atoms with E-state index < -0.39 is 0 Å². The van der Waals surface area contributed by atoms with Crippen molar-refractivity contribution in [1.82, 2.24) is 15.2 Å². The van der Waals surface area contributed by atoms with Crippen molar-refractivity contribution in [3.63, 3.8) is 0 Å². The van der Waals surface area contributed by atoms with E-state index in [1.54, 1.807) is 36.7 Å². The third kappa shape index (κ3) is 4.84. The molecule has 1 fully saturated rings. The second kappa shape index (κ2) is 9.47. The Bertz CT molecular complexity index is 632. The second-order valence-electron chi connectivity index (χ2n) is 5.38. The van der Waals surface area contributed by atoms with Crippen LogP contribution in [0.25, 0.3) is 0 Å². The summed E-state index contributed by atoms with van der Waals surface area (Å²) in [5.41, 5.74) is 0.674. The minimum atomic E-state index is 0. The van der Waals surface area contributed by atoms with Gasteiger partial charge in [-0.3, -0.25) is 9.78 Å². The molecular weight excluding hydrogens is 349 g/mol. The van der Waals surface area contributed by atoms with Crippen LogP contribution in [0.3, 0.4) is 0 Å². The van der Waals surface area contributed by atoms with Crippen LogP contribution in [0.1, 0.15) is 16.8 Å². The molecule has 130 valence electrons. The summed E-state index contributed by atoms with van der Waals surface area (Å²) in [5, 5.41) is 3.28. The summed E-state index contributed by atoms with van der Waals surface area (Å²) in [7, 11) is 1.86. The number of pyridine rings is 1. The summed E-state index contributed by atoms with van der Waals surface area (Å²) in [4.78, 5) is 18.3. The number of nitrogens with one attached hydrogen (secondary N) is 1. The monoisotopic (exact) mass is 369 g/mol. The summed E-state index contributed by atoms with van der Waals surface area (Å²) in [5.74, 6) is 1.41. The predicted molar refractivity (Wildman–Crippen MR) is 98.6 cm³/mol. The molecule has 2 heterocycles. The van der Waals surface area contributed by atoms with Crippen molar-refractivity contribution in [3.8, 4) is 11.5 Å². The maximum Gasteiger partial charge on any atom is 0.253 e. The molecule has 3 rings (SSSR count). The summed E-state index contributed by atoms with van der Waals surface area (Å²) in [6.45, 7) is 1.84. The van der Waals surface area contributed by atoms with E-state index in [0.29, 0.717) is 17.1 Å². The average Bonchev–Trinajstić information content (AvgIpc) is 3.10. The van der Waals surface area contributed by atoms with Crippen LogP contribution in [0, 0.1) is 0 Å². The first-order chi connectivity index (χ1) is 10.7. The van der Waals surface area contributed by atoms with Crippen molar-refractivity contribution in [2.75, 3.05) is 20.1 Å². The molecular formula is C17H21Cl2N3O2. The highest BCUT2D eigenvalue weighted by atomic mass is 35.5. The lowest BCUT2D eigenvalue weighted by atomic mass is 10.1. The minimum Gasteiger partial charge on any atom is -0.456 e. The number of halogens is 2. The highest BCUT2D eigenvalue weighted by Crippen LogP contribution is 2.21. The van der Waals surface area contributed by atoms with E-state index in [1.807, 2.05) is 24.1 Å². The van der Waals surface area contributed by atoms with Crippen LogP contribution >= 0.6 is 24.8 Å². The molecule has 1 aromatic carbocycles. The third-order valence-electron chi connectivity index (χ3n) is 3.87. The highest BCUT2D eigenvalue weighted by molar-refractivity contribution is 5.94. The quantitative estimate of drug-likeness (QED) is 0.899. The van der Waals surface area contributed by atoms with E-state index >= 15 is 0 Å². The first kappa shape index (κ1) is 20.2. The topological polar surface area (TPSA) is 54.5 Å². The molecule has 1 N–H and O–H groups in total. The minimum absolute atomic E-state index is 0. The molecule has 1 unspecified atom stereocenters. The molecule has 1 amide bonds. The van der Waals surface area contributed by atoms with Gasteiger partial charge in [-0.05, 0) is 49.4 Å². The Kier molecular flexibility index (Phi) is 7.98. The van der Waals surface area contributed by atoms with Crippen LogP contribution in [0.2, 0.25) is 0 Å². The number of amides is 1. The molecule has 5 nitrogen and oxygen atoms in total. The molecule has 1 aliphatic heterocycles. The van der Waals surface area contributed by atoms with E-state index in [1.165, 1.54) is 0 Å². The van der Waals surface area contributed by atoms with Crippen LogP contribution in [0.15, 0.2) is 48.8 Å². The van der Waals surface area contributed by atoms with E-state index in [-0.39, 0.29) is 36.8 Å².